The molecule has 1 aliphatic heterocycles. The molecule has 0 spiro atoms. The van der Waals surface area contributed by atoms with Gasteiger partial charge >= 0.3 is 0 Å². The van der Waals surface area contributed by atoms with Crippen molar-refractivity contribution in [2.45, 2.75) is 52.1 Å². The lowest BCUT2D eigenvalue weighted by Gasteiger charge is -2.36. The van der Waals surface area contributed by atoms with Gasteiger partial charge in [-0.1, -0.05) is 18.2 Å². The first-order valence-electron chi connectivity index (χ1n) is 9.68. The number of aromatic nitrogens is 2. The van der Waals surface area contributed by atoms with Gasteiger partial charge in [-0.15, -0.1) is 0 Å². The number of rotatable bonds is 6. The maximum absolute atomic E-state index is 12.8. The quantitative estimate of drug-likeness (QED) is 0.852. The van der Waals surface area contributed by atoms with Crippen molar-refractivity contribution in [2.75, 3.05) is 13.1 Å². The molecule has 2 heterocycles. The van der Waals surface area contributed by atoms with Gasteiger partial charge in [0.2, 0.25) is 5.91 Å². The summed E-state index contributed by atoms with van der Waals surface area (Å²) < 4.78 is 1.78. The lowest BCUT2D eigenvalue weighted by molar-refractivity contribution is -0.135. The highest BCUT2D eigenvalue weighted by atomic mass is 16.2. The molecule has 6 nitrogen and oxygen atoms in total. The van der Waals surface area contributed by atoms with Crippen molar-refractivity contribution in [1.29, 1.82) is 0 Å². The molecule has 1 aromatic heterocycles. The van der Waals surface area contributed by atoms with Gasteiger partial charge in [0.05, 0.1) is 5.69 Å². The van der Waals surface area contributed by atoms with E-state index in [-0.39, 0.29) is 24.4 Å². The summed E-state index contributed by atoms with van der Waals surface area (Å²) in [5.74, 6) is 0.0483. The molecular formula is C21H28N4O2. The minimum Gasteiger partial charge on any atom is -0.352 e. The number of benzene rings is 1. The first-order valence-corrected chi connectivity index (χ1v) is 9.68. The molecule has 2 aromatic rings. The van der Waals surface area contributed by atoms with Crippen molar-refractivity contribution < 1.29 is 9.59 Å². The number of nitrogens with one attached hydrogen (secondary N) is 1. The Balaban J connectivity index is 1.54. The number of nitrogens with zero attached hydrogens (tertiary/aromatic N) is 3. The van der Waals surface area contributed by atoms with E-state index in [2.05, 4.69) is 10.4 Å². The Morgan fingerprint density at radius 2 is 1.96 bits per heavy atom. The Bertz CT molecular complexity index is 785. The van der Waals surface area contributed by atoms with Crippen LogP contribution in [0.5, 0.6) is 0 Å². The smallest absolute Gasteiger partial charge is 0.251 e. The van der Waals surface area contributed by atoms with E-state index in [4.69, 9.17) is 0 Å². The maximum Gasteiger partial charge on any atom is 0.251 e. The number of hydrogen-bond donors (Lipinski definition) is 1. The lowest BCUT2D eigenvalue weighted by Crippen LogP contribution is -2.46. The zero-order chi connectivity index (χ0) is 19.2. The molecule has 1 aromatic carbocycles. The minimum absolute atomic E-state index is 0.0630. The number of likely N-dealkylation sites (tertiary alicyclic amines) is 1. The van der Waals surface area contributed by atoms with E-state index < -0.39 is 0 Å². The van der Waals surface area contributed by atoms with Gasteiger partial charge in [0, 0.05) is 30.4 Å². The summed E-state index contributed by atoms with van der Waals surface area (Å²) in [5.41, 5.74) is 2.60. The fourth-order valence-electron chi connectivity index (χ4n) is 3.73. The third-order valence-electron chi connectivity index (χ3n) is 5.13. The summed E-state index contributed by atoms with van der Waals surface area (Å²) in [6.07, 6.45) is 3.93. The van der Waals surface area contributed by atoms with Gasteiger partial charge in [-0.05, 0) is 57.7 Å². The minimum atomic E-state index is -0.0630. The van der Waals surface area contributed by atoms with Gasteiger partial charge in [0.1, 0.15) is 6.54 Å². The van der Waals surface area contributed by atoms with E-state index in [1.165, 1.54) is 0 Å². The number of hydrogen-bond acceptors (Lipinski definition) is 3. The van der Waals surface area contributed by atoms with Crippen LogP contribution in [0.2, 0.25) is 0 Å². The van der Waals surface area contributed by atoms with Crippen LogP contribution in [0, 0.1) is 13.8 Å². The molecule has 3 rings (SSSR count). The van der Waals surface area contributed by atoms with Crippen molar-refractivity contribution in [3.63, 3.8) is 0 Å². The van der Waals surface area contributed by atoms with Crippen LogP contribution in [0.3, 0.4) is 0 Å². The maximum atomic E-state index is 12.8. The summed E-state index contributed by atoms with van der Waals surface area (Å²) in [5, 5.41) is 7.37. The standard InChI is InChI=1S/C21H28N4O2/c1-16-14-17(2)25(23-16)15-20(26)24-13-7-6-10-19(24)11-12-22-21(27)18-8-4-3-5-9-18/h3-5,8-9,14,19H,6-7,10-13,15H2,1-2H3,(H,22,27)/t19-/m1/s1. The summed E-state index contributed by atoms with van der Waals surface area (Å²) >= 11 is 0. The molecule has 6 heteroatoms. The van der Waals surface area contributed by atoms with Crippen molar-refractivity contribution in [3.8, 4) is 0 Å². The molecule has 1 saturated heterocycles. The summed E-state index contributed by atoms with van der Waals surface area (Å²) in [7, 11) is 0. The first kappa shape index (κ1) is 19.1. The Kier molecular flexibility index (Phi) is 6.27. The van der Waals surface area contributed by atoms with Crippen LogP contribution in [0.25, 0.3) is 0 Å². The third-order valence-corrected chi connectivity index (χ3v) is 5.13. The van der Waals surface area contributed by atoms with Crippen molar-refractivity contribution in [3.05, 3.63) is 53.3 Å². The molecule has 0 aliphatic carbocycles. The van der Waals surface area contributed by atoms with Crippen molar-refractivity contribution in [1.82, 2.24) is 20.0 Å². The van der Waals surface area contributed by atoms with Crippen molar-refractivity contribution >= 4 is 11.8 Å². The van der Waals surface area contributed by atoms with Crippen LogP contribution >= 0.6 is 0 Å². The predicted molar refractivity (Wildman–Crippen MR) is 104 cm³/mol. The molecule has 0 saturated carbocycles. The SMILES string of the molecule is Cc1cc(C)n(CC(=O)N2CCCC[C@@H]2CCNC(=O)c2ccccc2)n1. The highest BCUT2D eigenvalue weighted by Gasteiger charge is 2.27. The molecule has 1 atom stereocenters. The molecule has 0 radical (unpaired) electrons. The molecule has 1 fully saturated rings. The van der Waals surface area contributed by atoms with E-state index in [0.717, 1.165) is 43.6 Å². The first-order chi connectivity index (χ1) is 13.0. The summed E-state index contributed by atoms with van der Waals surface area (Å²) in [6, 6.07) is 11.4. The second-order valence-electron chi connectivity index (χ2n) is 7.23. The Morgan fingerprint density at radius 3 is 2.67 bits per heavy atom. The third kappa shape index (κ3) is 4.96. The molecule has 0 bridgehead atoms. The van der Waals surface area contributed by atoms with Gasteiger partial charge in [-0.25, -0.2) is 0 Å². The zero-order valence-electron chi connectivity index (χ0n) is 16.1. The van der Waals surface area contributed by atoms with Gasteiger partial charge < -0.3 is 10.2 Å². The molecular weight excluding hydrogens is 340 g/mol. The molecule has 0 unspecified atom stereocenters. The number of carbonyl (C=O) groups excluding carboxylic acids is 2. The summed E-state index contributed by atoms with van der Waals surface area (Å²) in [6.45, 7) is 5.55. The second kappa shape index (κ2) is 8.84. The zero-order valence-corrected chi connectivity index (χ0v) is 16.1. The number of aryl methyl sites for hydroxylation is 2. The monoisotopic (exact) mass is 368 g/mol. The van der Waals surface area contributed by atoms with E-state index in [1.807, 2.05) is 43.0 Å². The molecule has 1 aliphatic rings. The fourth-order valence-corrected chi connectivity index (χ4v) is 3.73. The lowest BCUT2D eigenvalue weighted by atomic mass is 9.99. The van der Waals surface area contributed by atoms with Crippen LogP contribution in [0.15, 0.2) is 36.4 Å². The normalized spacial score (nSPS) is 17.0. The average molecular weight is 368 g/mol. The highest BCUT2D eigenvalue weighted by Crippen LogP contribution is 2.20. The molecule has 1 N–H and O–H groups in total. The van der Waals surface area contributed by atoms with E-state index in [1.54, 1.807) is 16.8 Å². The van der Waals surface area contributed by atoms with E-state index >= 15 is 0 Å². The van der Waals surface area contributed by atoms with Gasteiger partial charge in [0.15, 0.2) is 0 Å². The van der Waals surface area contributed by atoms with Crippen LogP contribution in [-0.4, -0.2) is 45.6 Å². The Hall–Kier alpha value is -2.63. The number of carbonyl (C=O) groups is 2. The van der Waals surface area contributed by atoms with Gasteiger partial charge in [-0.3, -0.25) is 14.3 Å². The van der Waals surface area contributed by atoms with Crippen LogP contribution in [0.1, 0.15) is 47.4 Å². The van der Waals surface area contributed by atoms with E-state index in [0.29, 0.717) is 12.1 Å². The van der Waals surface area contributed by atoms with Crippen LogP contribution < -0.4 is 5.32 Å². The molecule has 2 amide bonds. The van der Waals surface area contributed by atoms with Crippen molar-refractivity contribution in [2.24, 2.45) is 0 Å². The Morgan fingerprint density at radius 1 is 1.19 bits per heavy atom. The number of piperidine rings is 1. The molecule has 144 valence electrons. The van der Waals surface area contributed by atoms with E-state index in [9.17, 15) is 9.59 Å². The number of amides is 2. The van der Waals surface area contributed by atoms with Gasteiger partial charge in [0.25, 0.3) is 5.91 Å². The predicted octanol–water partition coefficient (Wildman–Crippen LogP) is 2.70. The van der Waals surface area contributed by atoms with Gasteiger partial charge in [-0.2, -0.15) is 5.10 Å². The second-order valence-corrected chi connectivity index (χ2v) is 7.23. The van der Waals surface area contributed by atoms with Crippen LogP contribution in [0.4, 0.5) is 0 Å². The fraction of sp³-hybridized carbons (Fsp3) is 0.476. The largest absolute Gasteiger partial charge is 0.352 e. The van der Waals surface area contributed by atoms with Crippen LogP contribution in [-0.2, 0) is 11.3 Å². The summed E-state index contributed by atoms with van der Waals surface area (Å²) in [4.78, 5) is 27.0. The Labute approximate surface area is 160 Å². The topological polar surface area (TPSA) is 67.2 Å². The molecule has 27 heavy (non-hydrogen) atoms. The average Bonchev–Trinajstić information content (AvgIpc) is 2.99. The highest BCUT2D eigenvalue weighted by molar-refractivity contribution is 5.94.